The van der Waals surface area contributed by atoms with E-state index in [1.807, 2.05) is 24.3 Å². The van der Waals surface area contributed by atoms with Crippen molar-refractivity contribution < 1.29 is 22.0 Å². The quantitative estimate of drug-likeness (QED) is 0.232. The summed E-state index contributed by atoms with van der Waals surface area (Å²) in [6.07, 6.45) is 2.63. The minimum atomic E-state index is -3.69. The highest BCUT2D eigenvalue weighted by Gasteiger charge is 2.26. The Morgan fingerprint density at radius 1 is 1.05 bits per heavy atom. The second-order valence-electron chi connectivity index (χ2n) is 9.68. The predicted molar refractivity (Wildman–Crippen MR) is 162 cm³/mol. The van der Waals surface area contributed by atoms with Crippen molar-refractivity contribution >= 4 is 55.4 Å². The van der Waals surface area contributed by atoms with E-state index in [1.54, 1.807) is 18.2 Å². The molecule has 212 valence electrons. The SMILES string of the molecule is CNC(=O)c1c(-c2ccc(F)cc2)oc2cc(N(C)S(C)(=O)=O)c(-c3cccc(-c4nc5cc(Cl)cnc5[nH]4)c3)cc12. The van der Waals surface area contributed by atoms with Crippen molar-refractivity contribution in [2.24, 2.45) is 0 Å². The van der Waals surface area contributed by atoms with Gasteiger partial charge in [0.05, 0.1) is 22.5 Å². The number of pyridine rings is 1. The van der Waals surface area contributed by atoms with E-state index in [2.05, 4.69) is 20.3 Å². The van der Waals surface area contributed by atoms with Crippen LogP contribution < -0.4 is 9.62 Å². The number of H-pyrrole nitrogens is 1. The zero-order chi connectivity index (χ0) is 29.8. The van der Waals surface area contributed by atoms with E-state index in [1.165, 1.54) is 44.6 Å². The highest BCUT2D eigenvalue weighted by Crippen LogP contribution is 2.42. The maximum atomic E-state index is 13.7. The minimum absolute atomic E-state index is 0.233. The maximum Gasteiger partial charge on any atom is 0.255 e. The zero-order valence-electron chi connectivity index (χ0n) is 22.6. The number of hydrogen-bond acceptors (Lipinski definition) is 6. The molecule has 3 heterocycles. The third-order valence-electron chi connectivity index (χ3n) is 6.95. The van der Waals surface area contributed by atoms with Gasteiger partial charge in [-0.25, -0.2) is 22.8 Å². The minimum Gasteiger partial charge on any atom is -0.455 e. The van der Waals surface area contributed by atoms with Crippen LogP contribution in [0.5, 0.6) is 0 Å². The number of anilines is 1. The van der Waals surface area contributed by atoms with Crippen LogP contribution in [0.15, 0.2) is 77.3 Å². The Hall–Kier alpha value is -4.74. The van der Waals surface area contributed by atoms with E-state index in [9.17, 15) is 17.6 Å². The van der Waals surface area contributed by atoms with Gasteiger partial charge in [0.2, 0.25) is 10.0 Å². The molecule has 9 nitrogen and oxygen atoms in total. The highest BCUT2D eigenvalue weighted by atomic mass is 35.5. The Morgan fingerprint density at radius 3 is 2.50 bits per heavy atom. The van der Waals surface area contributed by atoms with Gasteiger partial charge in [0.1, 0.15) is 28.5 Å². The van der Waals surface area contributed by atoms with E-state index in [-0.39, 0.29) is 11.3 Å². The van der Waals surface area contributed by atoms with Crippen molar-refractivity contribution in [1.82, 2.24) is 20.3 Å². The number of carbonyl (C=O) groups excluding carboxylic acids is 1. The molecule has 3 aromatic heterocycles. The molecule has 0 atom stereocenters. The number of aromatic nitrogens is 3. The third-order valence-corrected chi connectivity index (χ3v) is 8.35. The number of halogens is 2. The molecular weight excluding hydrogens is 581 g/mol. The Kier molecular flexibility index (Phi) is 6.71. The molecule has 0 radical (unpaired) electrons. The van der Waals surface area contributed by atoms with Crippen LogP contribution in [-0.2, 0) is 10.0 Å². The van der Waals surface area contributed by atoms with Crippen molar-refractivity contribution in [3.63, 3.8) is 0 Å². The maximum absolute atomic E-state index is 13.7. The lowest BCUT2D eigenvalue weighted by Gasteiger charge is -2.21. The first-order chi connectivity index (χ1) is 20.0. The molecule has 1 amide bonds. The molecule has 0 spiro atoms. The van der Waals surface area contributed by atoms with Crippen molar-refractivity contribution in [3.8, 4) is 33.8 Å². The molecule has 2 N–H and O–H groups in total. The molecule has 0 saturated carbocycles. The first-order valence-electron chi connectivity index (χ1n) is 12.7. The number of fused-ring (bicyclic) bond motifs is 2. The molecule has 3 aromatic carbocycles. The smallest absolute Gasteiger partial charge is 0.255 e. The molecule has 0 fully saturated rings. The lowest BCUT2D eigenvalue weighted by molar-refractivity contribution is 0.0964. The third kappa shape index (κ3) is 4.86. The summed E-state index contributed by atoms with van der Waals surface area (Å²) in [6, 6.07) is 18.0. The fourth-order valence-electron chi connectivity index (χ4n) is 4.80. The van der Waals surface area contributed by atoms with Crippen LogP contribution in [0.1, 0.15) is 10.4 Å². The number of rotatable bonds is 6. The summed E-state index contributed by atoms with van der Waals surface area (Å²) < 4.78 is 46.4. The predicted octanol–water partition coefficient (Wildman–Crippen LogP) is 6.25. The Bertz CT molecular complexity index is 2120. The summed E-state index contributed by atoms with van der Waals surface area (Å²) in [4.78, 5) is 25.2. The number of hydrogen-bond donors (Lipinski definition) is 2. The average molecular weight is 604 g/mol. The first-order valence-corrected chi connectivity index (χ1v) is 14.9. The molecule has 0 aliphatic carbocycles. The summed E-state index contributed by atoms with van der Waals surface area (Å²) >= 11 is 6.08. The van der Waals surface area contributed by atoms with E-state index < -0.39 is 21.7 Å². The normalized spacial score (nSPS) is 11.7. The number of sulfonamides is 1. The van der Waals surface area contributed by atoms with Gasteiger partial charge in [-0.05, 0) is 48.0 Å². The van der Waals surface area contributed by atoms with Crippen LogP contribution in [0.3, 0.4) is 0 Å². The van der Waals surface area contributed by atoms with E-state index in [4.69, 9.17) is 16.0 Å². The summed E-state index contributed by atoms with van der Waals surface area (Å²) in [5.74, 6) is -0.0605. The second kappa shape index (κ2) is 10.3. The molecule has 0 saturated heterocycles. The molecule has 42 heavy (non-hydrogen) atoms. The fourth-order valence-corrected chi connectivity index (χ4v) is 5.46. The lowest BCUT2D eigenvalue weighted by Crippen LogP contribution is -2.25. The fraction of sp³-hybridized carbons (Fsp3) is 0.100. The second-order valence-corrected chi connectivity index (χ2v) is 12.1. The molecule has 0 bridgehead atoms. The Balaban J connectivity index is 1.60. The van der Waals surface area contributed by atoms with Crippen LogP contribution in [0, 0.1) is 5.82 Å². The van der Waals surface area contributed by atoms with Crippen LogP contribution in [0.4, 0.5) is 10.1 Å². The molecule has 0 aliphatic rings. The molecule has 12 heteroatoms. The van der Waals surface area contributed by atoms with Gasteiger partial charge >= 0.3 is 0 Å². The van der Waals surface area contributed by atoms with Gasteiger partial charge in [-0.15, -0.1) is 0 Å². The number of nitrogens with zero attached hydrogens (tertiary/aromatic N) is 3. The van der Waals surface area contributed by atoms with E-state index in [0.717, 1.165) is 16.1 Å². The van der Waals surface area contributed by atoms with E-state index >= 15 is 0 Å². The summed E-state index contributed by atoms with van der Waals surface area (Å²) in [6.45, 7) is 0. The van der Waals surface area contributed by atoms with Gasteiger partial charge in [0, 0.05) is 48.4 Å². The monoisotopic (exact) mass is 603 g/mol. The summed E-state index contributed by atoms with van der Waals surface area (Å²) in [5, 5.41) is 3.56. The van der Waals surface area contributed by atoms with Gasteiger partial charge in [-0.2, -0.15) is 0 Å². The molecule has 6 aromatic rings. The van der Waals surface area contributed by atoms with Crippen molar-refractivity contribution in [3.05, 3.63) is 89.3 Å². The standard InChI is InChI=1S/C30H23ClFN5O4S/c1-33-30(38)26-22-13-21(17-5-4-6-18(11-17)28-35-23-12-19(31)15-34-29(23)36-28)24(37(2)42(3,39)40)14-25(22)41-27(26)16-7-9-20(32)10-8-16/h4-15H,1-3H3,(H,33,38)(H,34,35,36). The van der Waals surface area contributed by atoms with Gasteiger partial charge in [0.15, 0.2) is 5.65 Å². The molecule has 0 aliphatic heterocycles. The van der Waals surface area contributed by atoms with Gasteiger partial charge < -0.3 is 14.7 Å². The van der Waals surface area contributed by atoms with Crippen LogP contribution in [0.2, 0.25) is 5.02 Å². The number of benzene rings is 3. The summed E-state index contributed by atoms with van der Waals surface area (Å²) in [5.41, 5.74) is 4.45. The Labute approximate surface area is 245 Å². The first kappa shape index (κ1) is 27.4. The van der Waals surface area contributed by atoms with Crippen molar-refractivity contribution in [2.45, 2.75) is 0 Å². The molecule has 0 unspecified atom stereocenters. The van der Waals surface area contributed by atoms with Crippen LogP contribution in [-0.4, -0.2) is 49.6 Å². The Morgan fingerprint density at radius 2 is 1.79 bits per heavy atom. The number of amides is 1. The molecular formula is C30H23ClFN5O4S. The number of nitrogens with one attached hydrogen (secondary N) is 2. The van der Waals surface area contributed by atoms with E-state index in [0.29, 0.717) is 55.4 Å². The van der Waals surface area contributed by atoms with Crippen molar-refractivity contribution in [1.29, 1.82) is 0 Å². The number of carbonyl (C=O) groups is 1. The lowest BCUT2D eigenvalue weighted by atomic mass is 9.97. The molecule has 6 rings (SSSR count). The number of furan rings is 1. The largest absolute Gasteiger partial charge is 0.455 e. The van der Waals surface area contributed by atoms with Crippen LogP contribution in [0.25, 0.3) is 56.0 Å². The van der Waals surface area contributed by atoms with Gasteiger partial charge in [0.25, 0.3) is 5.91 Å². The topological polar surface area (TPSA) is 121 Å². The average Bonchev–Trinajstić information content (AvgIpc) is 3.56. The van der Waals surface area contributed by atoms with Gasteiger partial charge in [-0.1, -0.05) is 29.8 Å². The number of imidazole rings is 1. The van der Waals surface area contributed by atoms with Gasteiger partial charge in [-0.3, -0.25) is 9.10 Å². The summed E-state index contributed by atoms with van der Waals surface area (Å²) in [7, 11) is -0.741. The van der Waals surface area contributed by atoms with Crippen molar-refractivity contribution in [2.75, 3.05) is 24.7 Å². The zero-order valence-corrected chi connectivity index (χ0v) is 24.1. The van der Waals surface area contributed by atoms with Crippen LogP contribution >= 0.6 is 11.6 Å². The number of aromatic amines is 1. The highest BCUT2D eigenvalue weighted by molar-refractivity contribution is 7.92.